The lowest BCUT2D eigenvalue weighted by atomic mass is 10.1. The molecule has 1 saturated heterocycles. The van der Waals surface area contributed by atoms with Gasteiger partial charge in [-0.25, -0.2) is 4.39 Å². The van der Waals surface area contributed by atoms with E-state index in [1.165, 1.54) is 24.7 Å². The summed E-state index contributed by atoms with van der Waals surface area (Å²) in [6.45, 7) is 3.74. The van der Waals surface area contributed by atoms with E-state index in [4.69, 9.17) is 0 Å². The summed E-state index contributed by atoms with van der Waals surface area (Å²) in [6, 6.07) is 6.26. The minimum atomic E-state index is -0.933. The lowest BCUT2D eigenvalue weighted by molar-refractivity contribution is 0.182. The number of hydrogen-bond acceptors (Lipinski definition) is 3. The molecule has 1 aliphatic heterocycles. The number of aliphatic hydroxyl groups excluding tert-OH is 1. The van der Waals surface area contributed by atoms with Gasteiger partial charge in [-0.15, -0.1) is 0 Å². The van der Waals surface area contributed by atoms with Gasteiger partial charge in [-0.1, -0.05) is 18.2 Å². The summed E-state index contributed by atoms with van der Waals surface area (Å²) >= 11 is 1.98. The van der Waals surface area contributed by atoms with E-state index in [0.29, 0.717) is 11.2 Å². The van der Waals surface area contributed by atoms with Crippen LogP contribution in [0.5, 0.6) is 0 Å². The molecule has 0 aromatic heterocycles. The molecule has 3 N–H and O–H groups in total. The molecule has 2 unspecified atom stereocenters. The first-order valence-electron chi connectivity index (χ1n) is 7.77. The average molecular weight is 325 g/mol. The average Bonchev–Trinajstić information content (AvgIpc) is 3.03. The zero-order valence-electron chi connectivity index (χ0n) is 12.9. The predicted molar refractivity (Wildman–Crippen MR) is 90.8 cm³/mol. The first-order chi connectivity index (χ1) is 10.7. The van der Waals surface area contributed by atoms with Gasteiger partial charge in [0.2, 0.25) is 0 Å². The first kappa shape index (κ1) is 17.1. The van der Waals surface area contributed by atoms with E-state index in [1.807, 2.05) is 18.7 Å². The molecule has 1 aromatic rings. The molecule has 122 valence electrons. The number of halogens is 1. The predicted octanol–water partition coefficient (Wildman–Crippen LogP) is 2.31. The summed E-state index contributed by atoms with van der Waals surface area (Å²) in [5.74, 6) is 1.50. The van der Waals surface area contributed by atoms with E-state index >= 15 is 0 Å². The van der Waals surface area contributed by atoms with Crippen LogP contribution in [0.2, 0.25) is 0 Å². The lowest BCUT2D eigenvalue weighted by Crippen LogP contribution is -2.40. The van der Waals surface area contributed by atoms with E-state index < -0.39 is 11.9 Å². The Balaban J connectivity index is 1.89. The molecule has 1 aromatic carbocycles. The molecule has 0 saturated carbocycles. The van der Waals surface area contributed by atoms with Crippen molar-refractivity contribution in [2.24, 2.45) is 4.99 Å². The third-order valence-corrected chi connectivity index (χ3v) is 4.95. The monoisotopic (exact) mass is 325 g/mol. The Morgan fingerprint density at radius 1 is 1.45 bits per heavy atom. The third-order valence-electron chi connectivity index (χ3n) is 3.55. The summed E-state index contributed by atoms with van der Waals surface area (Å²) in [6.07, 6.45) is 1.57. The number of aliphatic imine (C=N–C) groups is 1. The highest BCUT2D eigenvalue weighted by molar-refractivity contribution is 8.00. The number of aliphatic hydroxyl groups is 1. The van der Waals surface area contributed by atoms with Crippen molar-refractivity contribution >= 4 is 17.7 Å². The molecule has 22 heavy (non-hydrogen) atoms. The van der Waals surface area contributed by atoms with Crippen molar-refractivity contribution < 1.29 is 9.50 Å². The summed E-state index contributed by atoms with van der Waals surface area (Å²) < 4.78 is 13.6. The lowest BCUT2D eigenvalue weighted by Gasteiger charge is -2.15. The van der Waals surface area contributed by atoms with E-state index in [-0.39, 0.29) is 12.1 Å². The fraction of sp³-hybridized carbons (Fsp3) is 0.562. The van der Waals surface area contributed by atoms with Crippen molar-refractivity contribution in [2.45, 2.75) is 31.1 Å². The molecule has 6 heteroatoms. The minimum Gasteiger partial charge on any atom is -0.386 e. The second-order valence-corrected chi connectivity index (χ2v) is 6.68. The van der Waals surface area contributed by atoms with Crippen molar-refractivity contribution in [3.05, 3.63) is 35.6 Å². The van der Waals surface area contributed by atoms with Gasteiger partial charge in [-0.3, -0.25) is 4.99 Å². The van der Waals surface area contributed by atoms with Crippen LogP contribution in [0.3, 0.4) is 0 Å². The molecule has 1 heterocycles. The Morgan fingerprint density at radius 3 is 2.95 bits per heavy atom. The van der Waals surface area contributed by atoms with Crippen LogP contribution in [0.25, 0.3) is 0 Å². The fourth-order valence-electron chi connectivity index (χ4n) is 2.38. The largest absolute Gasteiger partial charge is 0.386 e. The fourth-order valence-corrected chi connectivity index (χ4v) is 3.58. The smallest absolute Gasteiger partial charge is 0.191 e. The van der Waals surface area contributed by atoms with Crippen molar-refractivity contribution in [1.29, 1.82) is 0 Å². The molecule has 0 radical (unpaired) electrons. The van der Waals surface area contributed by atoms with Gasteiger partial charge >= 0.3 is 0 Å². The van der Waals surface area contributed by atoms with Gasteiger partial charge in [0.15, 0.2) is 5.96 Å². The maximum atomic E-state index is 13.6. The molecule has 4 nitrogen and oxygen atoms in total. The minimum absolute atomic E-state index is 0.133. The highest BCUT2D eigenvalue weighted by Gasteiger charge is 2.16. The first-order valence-corrected chi connectivity index (χ1v) is 8.82. The van der Waals surface area contributed by atoms with Crippen LogP contribution in [0.15, 0.2) is 29.3 Å². The van der Waals surface area contributed by atoms with Crippen molar-refractivity contribution in [3.8, 4) is 0 Å². The Hall–Kier alpha value is -1.27. The summed E-state index contributed by atoms with van der Waals surface area (Å²) in [4.78, 5) is 4.36. The van der Waals surface area contributed by atoms with Crippen LogP contribution in [0, 0.1) is 5.82 Å². The molecule has 1 aliphatic rings. The molecule has 2 atom stereocenters. The van der Waals surface area contributed by atoms with Gasteiger partial charge in [0.1, 0.15) is 11.9 Å². The number of thioether (sulfide) groups is 1. The van der Waals surface area contributed by atoms with E-state index in [2.05, 4.69) is 15.6 Å². The van der Waals surface area contributed by atoms with Crippen LogP contribution in [-0.4, -0.2) is 41.7 Å². The molecule has 0 amide bonds. The highest BCUT2D eigenvalue weighted by atomic mass is 32.2. The van der Waals surface area contributed by atoms with Crippen LogP contribution >= 0.6 is 11.8 Å². The van der Waals surface area contributed by atoms with Gasteiger partial charge in [0.05, 0.1) is 6.54 Å². The van der Waals surface area contributed by atoms with Crippen LogP contribution in [-0.2, 0) is 0 Å². The molecular weight excluding hydrogens is 301 g/mol. The van der Waals surface area contributed by atoms with Gasteiger partial charge < -0.3 is 15.7 Å². The maximum Gasteiger partial charge on any atom is 0.191 e. The van der Waals surface area contributed by atoms with Crippen LogP contribution < -0.4 is 10.6 Å². The molecule has 2 rings (SSSR count). The zero-order valence-corrected chi connectivity index (χ0v) is 13.7. The van der Waals surface area contributed by atoms with Crippen molar-refractivity contribution in [2.75, 3.05) is 25.4 Å². The number of guanidine groups is 1. The molecule has 0 aliphatic carbocycles. The van der Waals surface area contributed by atoms with E-state index in [0.717, 1.165) is 13.1 Å². The SMILES string of the molecule is CCNC(=NCC(O)c1ccccc1F)NCC1CCCS1. The number of rotatable bonds is 6. The zero-order chi connectivity index (χ0) is 15.8. The number of benzene rings is 1. The van der Waals surface area contributed by atoms with E-state index in [1.54, 1.807) is 18.2 Å². The second-order valence-electron chi connectivity index (χ2n) is 5.27. The van der Waals surface area contributed by atoms with Gasteiger partial charge in [0.25, 0.3) is 0 Å². The normalized spacial score (nSPS) is 20.0. The summed E-state index contributed by atoms with van der Waals surface area (Å²) in [7, 11) is 0. The van der Waals surface area contributed by atoms with E-state index in [9.17, 15) is 9.50 Å². The Bertz CT molecular complexity index is 492. The third kappa shape index (κ3) is 5.18. The van der Waals surface area contributed by atoms with Crippen LogP contribution in [0.4, 0.5) is 4.39 Å². The van der Waals surface area contributed by atoms with Gasteiger partial charge in [0, 0.05) is 23.9 Å². The summed E-state index contributed by atoms with van der Waals surface area (Å²) in [5, 5.41) is 17.2. The van der Waals surface area contributed by atoms with Crippen molar-refractivity contribution in [3.63, 3.8) is 0 Å². The van der Waals surface area contributed by atoms with Gasteiger partial charge in [-0.2, -0.15) is 11.8 Å². The molecular formula is C16H24FN3OS. The maximum absolute atomic E-state index is 13.6. The topological polar surface area (TPSA) is 56.7 Å². The van der Waals surface area contributed by atoms with Crippen LogP contribution in [0.1, 0.15) is 31.4 Å². The number of nitrogens with one attached hydrogen (secondary N) is 2. The standard InChI is InChI=1S/C16H24FN3OS/c1-2-18-16(19-10-12-6-5-9-22-12)20-11-15(21)13-7-3-4-8-14(13)17/h3-4,7-8,12,15,21H,2,5-6,9-11H2,1H3,(H2,18,19,20). The Labute approximate surface area is 135 Å². The summed E-state index contributed by atoms with van der Waals surface area (Å²) in [5.41, 5.74) is 0.286. The molecule has 0 bridgehead atoms. The Morgan fingerprint density at radius 2 is 2.27 bits per heavy atom. The number of nitrogens with zero attached hydrogens (tertiary/aromatic N) is 1. The molecule has 0 spiro atoms. The number of hydrogen-bond donors (Lipinski definition) is 3. The quantitative estimate of drug-likeness (QED) is 0.555. The second kappa shape index (κ2) is 9.00. The highest BCUT2D eigenvalue weighted by Crippen LogP contribution is 2.25. The Kier molecular flexibility index (Phi) is 6.99. The van der Waals surface area contributed by atoms with Gasteiger partial charge in [-0.05, 0) is 31.6 Å². The molecule has 1 fully saturated rings. The van der Waals surface area contributed by atoms with Crippen molar-refractivity contribution in [1.82, 2.24) is 10.6 Å².